The first kappa shape index (κ1) is 18.0. The first-order valence-corrected chi connectivity index (χ1v) is 8.43. The van der Waals surface area contributed by atoms with E-state index in [0.29, 0.717) is 11.4 Å². The molecule has 3 nitrogen and oxygen atoms in total. The standard InChI is InChI=1S/C19H27ClN2O/c1-18(2,3)17(23)16(22-19(4,5)6)9-12-11-21-15-10-13(20)7-8-14(12)15/h7-8,10-11,16,21-22H,9H2,1-6H3/t16-/m0/s1. The smallest absolute Gasteiger partial charge is 0.155 e. The highest BCUT2D eigenvalue weighted by molar-refractivity contribution is 6.31. The lowest BCUT2D eigenvalue weighted by atomic mass is 9.83. The van der Waals surface area contributed by atoms with Gasteiger partial charge >= 0.3 is 0 Å². The molecule has 0 bridgehead atoms. The Morgan fingerprint density at radius 3 is 2.43 bits per heavy atom. The predicted molar refractivity (Wildman–Crippen MR) is 98.2 cm³/mol. The van der Waals surface area contributed by atoms with Crippen molar-refractivity contribution < 1.29 is 4.79 Å². The number of fused-ring (bicyclic) bond motifs is 1. The first-order valence-electron chi connectivity index (χ1n) is 8.05. The molecular weight excluding hydrogens is 308 g/mol. The van der Waals surface area contributed by atoms with Crippen LogP contribution in [0, 0.1) is 5.41 Å². The molecule has 0 aliphatic heterocycles. The number of hydrogen-bond acceptors (Lipinski definition) is 2. The Morgan fingerprint density at radius 2 is 1.87 bits per heavy atom. The molecular formula is C19H27ClN2O. The van der Waals surface area contributed by atoms with Gasteiger partial charge in [0.2, 0.25) is 0 Å². The highest BCUT2D eigenvalue weighted by atomic mass is 35.5. The van der Waals surface area contributed by atoms with E-state index in [9.17, 15) is 4.79 Å². The van der Waals surface area contributed by atoms with Gasteiger partial charge in [-0.1, -0.05) is 38.4 Å². The van der Waals surface area contributed by atoms with E-state index in [2.05, 4.69) is 31.1 Å². The maximum atomic E-state index is 12.9. The third-order valence-electron chi connectivity index (χ3n) is 3.82. The van der Waals surface area contributed by atoms with Crippen molar-refractivity contribution in [3.05, 3.63) is 35.0 Å². The number of nitrogens with one attached hydrogen (secondary N) is 2. The number of Topliss-reactive ketones (excluding diaryl/α,β-unsaturated/α-hetero) is 1. The molecule has 126 valence electrons. The van der Waals surface area contributed by atoms with Crippen LogP contribution in [0.2, 0.25) is 5.02 Å². The molecule has 2 N–H and O–H groups in total. The monoisotopic (exact) mass is 334 g/mol. The van der Waals surface area contributed by atoms with Crippen molar-refractivity contribution in [3.8, 4) is 0 Å². The highest BCUT2D eigenvalue weighted by Crippen LogP contribution is 2.26. The number of rotatable bonds is 4. The Balaban J connectivity index is 2.34. The molecule has 0 unspecified atom stereocenters. The van der Waals surface area contributed by atoms with Gasteiger partial charge in [0, 0.05) is 33.1 Å². The minimum absolute atomic E-state index is 0.124. The Hall–Kier alpha value is -1.32. The fourth-order valence-electron chi connectivity index (χ4n) is 2.80. The van der Waals surface area contributed by atoms with E-state index in [1.807, 2.05) is 45.2 Å². The summed E-state index contributed by atoms with van der Waals surface area (Å²) in [7, 11) is 0. The lowest BCUT2D eigenvalue weighted by molar-refractivity contribution is -0.128. The predicted octanol–water partition coefficient (Wildman–Crippen LogP) is 4.74. The molecule has 1 aromatic heterocycles. The second-order valence-electron chi connectivity index (χ2n) is 8.27. The zero-order valence-electron chi connectivity index (χ0n) is 14.9. The summed E-state index contributed by atoms with van der Waals surface area (Å²) in [5.41, 5.74) is 1.64. The second kappa shape index (κ2) is 6.29. The number of halogens is 1. The second-order valence-corrected chi connectivity index (χ2v) is 8.71. The molecule has 1 heterocycles. The van der Waals surface area contributed by atoms with Crippen LogP contribution in [0.15, 0.2) is 24.4 Å². The highest BCUT2D eigenvalue weighted by Gasteiger charge is 2.32. The average Bonchev–Trinajstić information content (AvgIpc) is 2.76. The maximum absolute atomic E-state index is 12.9. The third kappa shape index (κ3) is 4.58. The van der Waals surface area contributed by atoms with Gasteiger partial charge in [-0.2, -0.15) is 0 Å². The largest absolute Gasteiger partial charge is 0.361 e. The van der Waals surface area contributed by atoms with Gasteiger partial charge in [0.25, 0.3) is 0 Å². The molecule has 0 aliphatic carbocycles. The summed E-state index contributed by atoms with van der Waals surface area (Å²) < 4.78 is 0. The van der Waals surface area contributed by atoms with Crippen LogP contribution >= 0.6 is 11.6 Å². The van der Waals surface area contributed by atoms with E-state index in [-0.39, 0.29) is 22.8 Å². The fraction of sp³-hybridized carbons (Fsp3) is 0.526. The number of hydrogen-bond donors (Lipinski definition) is 2. The maximum Gasteiger partial charge on any atom is 0.155 e. The molecule has 4 heteroatoms. The van der Waals surface area contributed by atoms with E-state index in [0.717, 1.165) is 16.5 Å². The van der Waals surface area contributed by atoms with Crippen LogP contribution in [0.4, 0.5) is 0 Å². The number of H-pyrrole nitrogens is 1. The molecule has 0 fully saturated rings. The SMILES string of the molecule is CC(C)(C)N[C@@H](Cc1c[nH]c2cc(Cl)ccc12)C(=O)C(C)(C)C. The summed E-state index contributed by atoms with van der Waals surface area (Å²) in [4.78, 5) is 16.1. The van der Waals surface area contributed by atoms with Crippen LogP contribution in [-0.4, -0.2) is 22.3 Å². The van der Waals surface area contributed by atoms with Crippen molar-refractivity contribution in [2.75, 3.05) is 0 Å². The van der Waals surface area contributed by atoms with Gasteiger partial charge in [0.15, 0.2) is 5.78 Å². The van der Waals surface area contributed by atoms with Crippen molar-refractivity contribution in [3.63, 3.8) is 0 Å². The van der Waals surface area contributed by atoms with Gasteiger partial charge in [0.05, 0.1) is 6.04 Å². The minimum atomic E-state index is -0.377. The summed E-state index contributed by atoms with van der Waals surface area (Å²) in [6.07, 6.45) is 2.64. The van der Waals surface area contributed by atoms with Crippen molar-refractivity contribution in [2.24, 2.45) is 5.41 Å². The van der Waals surface area contributed by atoms with Crippen LogP contribution in [0.5, 0.6) is 0 Å². The average molecular weight is 335 g/mol. The van der Waals surface area contributed by atoms with E-state index in [4.69, 9.17) is 11.6 Å². The van der Waals surface area contributed by atoms with Crippen LogP contribution in [0.25, 0.3) is 10.9 Å². The summed E-state index contributed by atoms with van der Waals surface area (Å²) in [5, 5.41) is 5.32. The topological polar surface area (TPSA) is 44.9 Å². The molecule has 23 heavy (non-hydrogen) atoms. The van der Waals surface area contributed by atoms with Crippen molar-refractivity contribution in [2.45, 2.75) is 59.5 Å². The zero-order chi connectivity index (χ0) is 17.4. The molecule has 0 amide bonds. The Bertz CT molecular complexity index is 704. The molecule has 2 aromatic rings. The van der Waals surface area contributed by atoms with Gasteiger partial charge in [0.1, 0.15) is 0 Å². The Labute approximate surface area is 143 Å². The normalized spacial score (nSPS) is 14.2. The van der Waals surface area contributed by atoms with Crippen molar-refractivity contribution >= 4 is 28.3 Å². The van der Waals surface area contributed by atoms with Gasteiger partial charge in [-0.05, 0) is 44.9 Å². The summed E-state index contributed by atoms with van der Waals surface area (Å²) in [6.45, 7) is 12.2. The molecule has 0 radical (unpaired) electrons. The molecule has 0 saturated carbocycles. The van der Waals surface area contributed by atoms with Crippen LogP contribution < -0.4 is 5.32 Å². The number of aromatic nitrogens is 1. The number of ketones is 1. The van der Waals surface area contributed by atoms with Gasteiger partial charge in [-0.25, -0.2) is 0 Å². The lowest BCUT2D eigenvalue weighted by Gasteiger charge is -2.31. The quantitative estimate of drug-likeness (QED) is 0.848. The van der Waals surface area contributed by atoms with Crippen molar-refractivity contribution in [1.82, 2.24) is 10.3 Å². The molecule has 1 atom stereocenters. The van der Waals surface area contributed by atoms with E-state index in [1.54, 1.807) is 0 Å². The lowest BCUT2D eigenvalue weighted by Crippen LogP contribution is -2.51. The molecule has 0 saturated heterocycles. The zero-order valence-corrected chi connectivity index (χ0v) is 15.6. The van der Waals surface area contributed by atoms with Gasteiger partial charge < -0.3 is 10.3 Å². The fourth-order valence-corrected chi connectivity index (χ4v) is 2.97. The number of carbonyl (C=O) groups excluding carboxylic acids is 1. The molecule has 2 rings (SSSR count). The van der Waals surface area contributed by atoms with E-state index >= 15 is 0 Å². The van der Waals surface area contributed by atoms with Crippen LogP contribution in [0.3, 0.4) is 0 Å². The van der Waals surface area contributed by atoms with Crippen molar-refractivity contribution in [1.29, 1.82) is 0 Å². The van der Waals surface area contributed by atoms with Crippen LogP contribution in [-0.2, 0) is 11.2 Å². The van der Waals surface area contributed by atoms with E-state index < -0.39 is 0 Å². The Kier molecular flexibility index (Phi) is 4.93. The van der Waals surface area contributed by atoms with Crippen LogP contribution in [0.1, 0.15) is 47.1 Å². The van der Waals surface area contributed by atoms with Gasteiger partial charge in [-0.3, -0.25) is 4.79 Å². The minimum Gasteiger partial charge on any atom is -0.361 e. The Morgan fingerprint density at radius 1 is 1.22 bits per heavy atom. The summed E-state index contributed by atoms with van der Waals surface area (Å²) in [6, 6.07) is 5.60. The third-order valence-corrected chi connectivity index (χ3v) is 4.05. The first-order chi connectivity index (χ1) is 10.5. The van der Waals surface area contributed by atoms with Gasteiger partial charge in [-0.15, -0.1) is 0 Å². The summed E-state index contributed by atoms with van der Waals surface area (Å²) in [5.74, 6) is 0.232. The number of benzene rings is 1. The molecule has 0 spiro atoms. The number of carbonyl (C=O) groups is 1. The number of aromatic amines is 1. The summed E-state index contributed by atoms with van der Waals surface area (Å²) >= 11 is 6.04. The molecule has 0 aliphatic rings. The molecule has 1 aromatic carbocycles. The van der Waals surface area contributed by atoms with E-state index in [1.165, 1.54) is 0 Å².